The molecule has 0 bridgehead atoms. The Hall–Kier alpha value is -7.51. The lowest BCUT2D eigenvalue weighted by Crippen LogP contribution is -2.77. The van der Waals surface area contributed by atoms with Gasteiger partial charge in [0.15, 0.2) is 11.2 Å². The van der Waals surface area contributed by atoms with E-state index >= 15 is 0 Å². The number of nitrogens with one attached hydrogen (secondary N) is 1. The lowest BCUT2D eigenvalue weighted by molar-refractivity contribution is -0.286. The Morgan fingerprint density at radius 1 is 0.763 bits per heavy atom. The number of fused-ring (bicyclic) bond motifs is 15. The van der Waals surface area contributed by atoms with E-state index in [9.17, 15) is 48.9 Å². The highest BCUT2D eigenvalue weighted by Crippen LogP contribution is 2.81. The average molecular weight is 1290 g/mol. The number of aryl methyl sites for hydroxylation is 1. The summed E-state index contributed by atoms with van der Waals surface area (Å²) in [6.07, 6.45) is -3.40. The van der Waals surface area contributed by atoms with E-state index in [0.29, 0.717) is 77.4 Å². The predicted octanol–water partition coefficient (Wildman–Crippen LogP) is 6.31. The Labute approximate surface area is 536 Å². The molecule has 5 aliphatic heterocycles. The SMILES string of the molecule is CC(=O)O[C@H]1C2[C@@H]([C@@H](O)[C@H](NC(=O)CCCCCCn3cc(COc4ccc5c(c4)Oc4cc(OC(=O)C(C)(C)C)ccc4C54OC(=O)c5ccccc54)nn3)[C@H]3C[C@@H]4O[C@@H]4[C@H](OC(C)=O)[C@]23C)[C@@H]2[C@@H](O)[C@@H]3[C@H]([C@H](C)[C@H]4O[C@]45OC(=O)[C@@](C)(O)[C@]35C)[C@@]2(C)[C@H]1OC(C)=O. The van der Waals surface area contributed by atoms with Crippen LogP contribution in [-0.4, -0.2) is 138 Å². The van der Waals surface area contributed by atoms with Crippen molar-refractivity contribution in [2.75, 3.05) is 0 Å². The zero-order valence-electron chi connectivity index (χ0n) is 53.9. The number of rotatable bonds is 15. The van der Waals surface area contributed by atoms with Gasteiger partial charge in [-0.25, -0.2) is 9.59 Å². The Kier molecular flexibility index (Phi) is 14.5. The molecule has 8 fully saturated rings. The summed E-state index contributed by atoms with van der Waals surface area (Å²) in [6.45, 7) is 18.3. The number of epoxide rings is 2. The summed E-state index contributed by atoms with van der Waals surface area (Å²) in [5, 5.41) is 51.0. The average Bonchev–Trinajstić information content (AvgIpc) is 1.45. The van der Waals surface area contributed by atoms with E-state index in [1.54, 1.807) is 87.1 Å². The molecule has 24 nitrogen and oxygen atoms in total. The molecule has 3 saturated heterocycles. The Morgan fingerprint density at radius 3 is 2.13 bits per heavy atom. The number of carbonyl (C=O) groups excluding carboxylic acids is 7. The summed E-state index contributed by atoms with van der Waals surface area (Å²) in [4.78, 5) is 94.9. The van der Waals surface area contributed by atoms with Crippen LogP contribution in [0.3, 0.4) is 0 Å². The normalized spacial score (nSPS) is 39.6. The first-order chi connectivity index (χ1) is 43.9. The molecule has 93 heavy (non-hydrogen) atoms. The van der Waals surface area contributed by atoms with Crippen LogP contribution in [0, 0.1) is 63.1 Å². The van der Waals surface area contributed by atoms with Gasteiger partial charge >= 0.3 is 35.8 Å². The van der Waals surface area contributed by atoms with Gasteiger partial charge < -0.3 is 68.0 Å². The molecule has 6 heterocycles. The molecule has 0 radical (unpaired) electrons. The van der Waals surface area contributed by atoms with Gasteiger partial charge in [0.2, 0.25) is 11.7 Å². The van der Waals surface area contributed by atoms with Crippen LogP contribution >= 0.6 is 0 Å². The highest BCUT2D eigenvalue weighted by atomic mass is 16.8. The molecule has 4 N–H and O–H groups in total. The summed E-state index contributed by atoms with van der Waals surface area (Å²) < 4.78 is 64.1. The number of amides is 1. The molecule has 10 aliphatic rings. The van der Waals surface area contributed by atoms with Crippen molar-refractivity contribution in [1.29, 1.82) is 0 Å². The van der Waals surface area contributed by atoms with Gasteiger partial charge in [0.25, 0.3) is 0 Å². The van der Waals surface area contributed by atoms with Gasteiger partial charge in [-0.15, -0.1) is 5.10 Å². The molecule has 24 heteroatoms. The first-order valence-corrected chi connectivity index (χ1v) is 32.4. The summed E-state index contributed by atoms with van der Waals surface area (Å²) in [7, 11) is 0. The number of nitrogens with zero attached hydrogens (tertiary/aromatic N) is 3. The minimum absolute atomic E-state index is 0.0647. The van der Waals surface area contributed by atoms with E-state index in [2.05, 4.69) is 15.6 Å². The van der Waals surface area contributed by atoms with Crippen molar-refractivity contribution < 1.29 is 96.2 Å². The van der Waals surface area contributed by atoms with Crippen LogP contribution in [0.4, 0.5) is 0 Å². The van der Waals surface area contributed by atoms with E-state index in [0.717, 1.165) is 6.42 Å². The number of ether oxygens (including phenoxy) is 10. The maximum Gasteiger partial charge on any atom is 0.341 e. The predicted molar refractivity (Wildman–Crippen MR) is 320 cm³/mol. The number of hydrogen-bond acceptors (Lipinski definition) is 22. The van der Waals surface area contributed by atoms with Gasteiger partial charge in [0, 0.05) is 91.1 Å². The van der Waals surface area contributed by atoms with Crippen molar-refractivity contribution in [1.82, 2.24) is 20.3 Å². The van der Waals surface area contributed by atoms with E-state index < -0.39 is 171 Å². The molecule has 1 aromatic heterocycles. The number of hydrogen-bond donors (Lipinski definition) is 4. The second kappa shape index (κ2) is 21.5. The Bertz CT molecular complexity index is 3810. The molecule has 14 rings (SSSR count). The molecular weight excluding hydrogens is 1200 g/mol. The fraction of sp³-hybridized carbons (Fsp3) is 0.609. The minimum atomic E-state index is -2.17. The van der Waals surface area contributed by atoms with E-state index in [4.69, 9.17) is 47.4 Å². The van der Waals surface area contributed by atoms with Crippen LogP contribution in [0.2, 0.25) is 0 Å². The smallest absolute Gasteiger partial charge is 0.341 e. The highest BCUT2D eigenvalue weighted by Gasteiger charge is 2.93. The molecule has 496 valence electrons. The Morgan fingerprint density at radius 2 is 1.43 bits per heavy atom. The standard InChI is InChI=1S/C69H80N4O20/c1-31-48-51(66(10)67(11,83)62(82)93-69(66)57(31)91-69)54(79)49-47-50(56(85-32(2)74)59(65(48,49)9)87-34(4)76)64(8)42(28-45-55(90-45)58(64)86-33(3)75)52(53(47)78)70-46(77)20-14-12-13-17-25-73-29-35(71-72-73)30-84-36-21-23-40-43(26-36)89-44-27-37(88-61(81)63(5,6)7)22-24-41(44)68(40)39-19-16-15-18-38(39)60(80)92-68/h15-16,18-19,21-24,26-27,29,31,42,45,47-59,78-79,83H,12-14,17,20,25,28,30H2,1-11H3,(H,70,77)/t31-,42+,45-,47-,48-,49+,50?,51-,52+,53+,54+,55-,56-,57+,58-,59-,64-,65+,66-,67+,68?,69-/m0/s1. The molecule has 22 atom stereocenters. The van der Waals surface area contributed by atoms with Crippen LogP contribution < -0.4 is 19.5 Å². The van der Waals surface area contributed by atoms with Crippen LogP contribution in [0.25, 0.3) is 0 Å². The number of unbranched alkanes of at least 4 members (excludes halogenated alkanes) is 3. The lowest BCUT2D eigenvalue weighted by Gasteiger charge is -2.67. The molecule has 2 unspecified atom stereocenters. The molecule has 1 amide bonds. The largest absolute Gasteiger partial charge is 0.487 e. The van der Waals surface area contributed by atoms with Crippen LogP contribution in [-0.2, 0) is 80.7 Å². The van der Waals surface area contributed by atoms with Gasteiger partial charge in [-0.3, -0.25) is 28.7 Å². The monoisotopic (exact) mass is 1280 g/mol. The van der Waals surface area contributed by atoms with Crippen LogP contribution in [0.5, 0.6) is 23.0 Å². The number of benzene rings is 3. The van der Waals surface area contributed by atoms with Crippen LogP contribution in [0.1, 0.15) is 147 Å². The van der Waals surface area contributed by atoms with Crippen molar-refractivity contribution in [3.63, 3.8) is 0 Å². The quantitative estimate of drug-likeness (QED) is 0.0333. The van der Waals surface area contributed by atoms with Gasteiger partial charge in [-0.1, -0.05) is 57.0 Å². The fourth-order valence-electron chi connectivity index (χ4n) is 19.2. The van der Waals surface area contributed by atoms with E-state index in [1.165, 1.54) is 27.7 Å². The van der Waals surface area contributed by atoms with Gasteiger partial charge in [-0.2, -0.15) is 0 Å². The summed E-state index contributed by atoms with van der Waals surface area (Å²) >= 11 is 0. The molecule has 5 aliphatic carbocycles. The number of carbonyl (C=O) groups is 7. The topological polar surface area (TPSA) is 322 Å². The fourth-order valence-corrected chi connectivity index (χ4v) is 19.2. The van der Waals surface area contributed by atoms with Crippen molar-refractivity contribution in [2.45, 2.75) is 200 Å². The molecular formula is C69H80N4O20. The van der Waals surface area contributed by atoms with Crippen molar-refractivity contribution in [2.24, 2.45) is 63.1 Å². The third kappa shape index (κ3) is 9.09. The van der Waals surface area contributed by atoms with E-state index in [-0.39, 0.29) is 24.7 Å². The third-order valence-electron chi connectivity index (χ3n) is 23.3. The zero-order chi connectivity index (χ0) is 66.2. The third-order valence-corrected chi connectivity index (χ3v) is 23.3. The second-order valence-electron chi connectivity index (χ2n) is 29.4. The maximum absolute atomic E-state index is 14.5. The first kappa shape index (κ1) is 62.9. The van der Waals surface area contributed by atoms with Crippen molar-refractivity contribution in [3.8, 4) is 23.0 Å². The summed E-state index contributed by atoms with van der Waals surface area (Å²) in [6, 6.07) is 16.5. The van der Waals surface area contributed by atoms with E-state index in [1.807, 2.05) is 32.9 Å². The number of aliphatic hydroxyl groups is 3. The highest BCUT2D eigenvalue weighted by molar-refractivity contribution is 5.97. The molecule has 4 aromatic rings. The lowest BCUT2D eigenvalue weighted by atomic mass is 9.40. The molecule has 3 aromatic carbocycles. The van der Waals surface area contributed by atoms with Crippen molar-refractivity contribution >= 4 is 41.7 Å². The molecule has 5 saturated carbocycles. The second-order valence-corrected chi connectivity index (χ2v) is 29.4. The molecule has 2 spiro atoms. The Balaban J connectivity index is 0.659. The number of esters is 6. The number of aromatic nitrogens is 3. The number of aliphatic hydroxyl groups excluding tert-OH is 2. The summed E-state index contributed by atoms with van der Waals surface area (Å²) in [5.74, 6) is -10.3. The van der Waals surface area contributed by atoms with Gasteiger partial charge in [0.05, 0.1) is 46.9 Å². The maximum atomic E-state index is 14.5. The van der Waals surface area contributed by atoms with Crippen molar-refractivity contribution in [3.05, 3.63) is 94.8 Å². The zero-order valence-corrected chi connectivity index (χ0v) is 53.9. The van der Waals surface area contributed by atoms with Crippen LogP contribution in [0.15, 0.2) is 66.9 Å². The van der Waals surface area contributed by atoms with Gasteiger partial charge in [0.1, 0.15) is 65.8 Å². The summed E-state index contributed by atoms with van der Waals surface area (Å²) in [5.41, 5.74) is -5.73. The van der Waals surface area contributed by atoms with Gasteiger partial charge in [-0.05, 0) is 108 Å². The first-order valence-electron chi connectivity index (χ1n) is 32.4. The minimum Gasteiger partial charge on any atom is -0.487 e.